The fourth-order valence-corrected chi connectivity index (χ4v) is 2.58. The fourth-order valence-electron chi connectivity index (χ4n) is 2.58. The molecule has 1 unspecified atom stereocenters. The van der Waals surface area contributed by atoms with Crippen LogP contribution in [0, 0.1) is 0 Å². The predicted octanol–water partition coefficient (Wildman–Crippen LogP) is 1.88. The van der Waals surface area contributed by atoms with Crippen LogP contribution in [-0.2, 0) is 4.74 Å². The Morgan fingerprint density at radius 1 is 1.59 bits per heavy atom. The van der Waals surface area contributed by atoms with E-state index in [4.69, 9.17) is 10.5 Å². The van der Waals surface area contributed by atoms with E-state index in [1.54, 1.807) is 13.3 Å². The van der Waals surface area contributed by atoms with Crippen molar-refractivity contribution in [2.75, 3.05) is 19.4 Å². The molecular weight excluding hydrogens is 214 g/mol. The number of nitrogens with one attached hydrogen (secondary N) is 1. The average Bonchev–Trinajstić information content (AvgIpc) is 2.28. The van der Waals surface area contributed by atoms with E-state index in [2.05, 4.69) is 17.2 Å². The maximum Gasteiger partial charge on any atom is 0.0873 e. The molecule has 94 valence electrons. The summed E-state index contributed by atoms with van der Waals surface area (Å²) in [4.78, 5) is 4.18. The van der Waals surface area contributed by atoms with Gasteiger partial charge in [0.05, 0.1) is 11.6 Å². The number of anilines is 1. The smallest absolute Gasteiger partial charge is 0.0873 e. The van der Waals surface area contributed by atoms with E-state index in [1.165, 1.54) is 6.42 Å². The lowest BCUT2D eigenvalue weighted by molar-refractivity contribution is -0.0994. The van der Waals surface area contributed by atoms with E-state index in [0.717, 1.165) is 30.6 Å². The molecule has 0 saturated heterocycles. The summed E-state index contributed by atoms with van der Waals surface area (Å²) in [6.07, 6.45) is 6.95. The van der Waals surface area contributed by atoms with Crippen LogP contribution in [0.1, 0.15) is 37.8 Å². The molecule has 0 amide bonds. The minimum Gasteiger partial charge on any atom is -0.398 e. The van der Waals surface area contributed by atoms with Crippen LogP contribution in [0.25, 0.3) is 0 Å². The van der Waals surface area contributed by atoms with Gasteiger partial charge in [0.2, 0.25) is 0 Å². The summed E-state index contributed by atoms with van der Waals surface area (Å²) in [5.74, 6) is 0. The highest BCUT2D eigenvalue weighted by Crippen LogP contribution is 2.45. The van der Waals surface area contributed by atoms with Crippen LogP contribution in [-0.4, -0.2) is 24.2 Å². The lowest BCUT2D eigenvalue weighted by Gasteiger charge is -2.47. The Bertz CT molecular complexity index is 371. The van der Waals surface area contributed by atoms with Crippen molar-refractivity contribution in [2.45, 2.75) is 37.8 Å². The van der Waals surface area contributed by atoms with Crippen LogP contribution >= 0.6 is 0 Å². The van der Waals surface area contributed by atoms with Crippen molar-refractivity contribution >= 4 is 5.69 Å². The second kappa shape index (κ2) is 5.02. The van der Waals surface area contributed by atoms with Crippen molar-refractivity contribution in [3.05, 3.63) is 24.0 Å². The van der Waals surface area contributed by atoms with E-state index in [9.17, 15) is 0 Å². The molecule has 3 N–H and O–H groups in total. The zero-order chi connectivity index (χ0) is 12.3. The van der Waals surface area contributed by atoms with Gasteiger partial charge in [-0.2, -0.15) is 0 Å². The number of methoxy groups -OCH3 is 1. The topological polar surface area (TPSA) is 60.2 Å². The zero-order valence-electron chi connectivity index (χ0n) is 10.6. The fraction of sp³-hybridized carbons (Fsp3) is 0.615. The first-order valence-electron chi connectivity index (χ1n) is 6.21. The molecule has 1 aliphatic rings. The molecule has 1 aromatic rings. The molecule has 1 fully saturated rings. The molecule has 0 aliphatic heterocycles. The number of likely N-dealkylation sites (N-methyl/N-ethyl adjacent to an activating group) is 1. The van der Waals surface area contributed by atoms with Crippen LogP contribution in [0.15, 0.2) is 18.5 Å². The van der Waals surface area contributed by atoms with E-state index in [0.29, 0.717) is 0 Å². The zero-order valence-corrected chi connectivity index (χ0v) is 10.6. The van der Waals surface area contributed by atoms with Crippen molar-refractivity contribution in [2.24, 2.45) is 0 Å². The van der Waals surface area contributed by atoms with Gasteiger partial charge in [0.15, 0.2) is 0 Å². The number of ether oxygens (including phenoxy) is 1. The molecule has 4 heteroatoms. The Morgan fingerprint density at radius 2 is 2.35 bits per heavy atom. The van der Waals surface area contributed by atoms with E-state index < -0.39 is 0 Å². The summed E-state index contributed by atoms with van der Waals surface area (Å²) in [6, 6.07) is 1.99. The molecule has 1 heterocycles. The van der Waals surface area contributed by atoms with Gasteiger partial charge in [-0.05, 0) is 31.9 Å². The molecule has 0 bridgehead atoms. The number of nitrogen functional groups attached to an aromatic ring is 1. The van der Waals surface area contributed by atoms with Crippen LogP contribution in [0.3, 0.4) is 0 Å². The van der Waals surface area contributed by atoms with Gasteiger partial charge in [-0.3, -0.25) is 4.98 Å². The summed E-state index contributed by atoms with van der Waals surface area (Å²) in [6.45, 7) is 2.99. The standard InChI is InChI=1S/C13H21N3O/c1-3-16-12(13(17-2)6-4-7-13)10-9-15-8-5-11(10)14/h5,8-9,12,16H,3-4,6-7H2,1-2H3,(H2,14,15). The van der Waals surface area contributed by atoms with Gasteiger partial charge in [-0.15, -0.1) is 0 Å². The number of pyridine rings is 1. The third kappa shape index (κ3) is 2.15. The predicted molar refractivity (Wildman–Crippen MR) is 68.7 cm³/mol. The average molecular weight is 235 g/mol. The van der Waals surface area contributed by atoms with E-state index in [1.807, 2.05) is 12.3 Å². The third-order valence-corrected chi connectivity index (χ3v) is 3.74. The highest BCUT2D eigenvalue weighted by atomic mass is 16.5. The van der Waals surface area contributed by atoms with Gasteiger partial charge in [0.1, 0.15) is 0 Å². The molecule has 1 saturated carbocycles. The van der Waals surface area contributed by atoms with Gasteiger partial charge in [-0.1, -0.05) is 6.92 Å². The monoisotopic (exact) mass is 235 g/mol. The van der Waals surface area contributed by atoms with Crippen LogP contribution < -0.4 is 11.1 Å². The quantitative estimate of drug-likeness (QED) is 0.818. The molecule has 1 aromatic heterocycles. The minimum atomic E-state index is -0.104. The molecule has 1 atom stereocenters. The Balaban J connectivity index is 2.32. The van der Waals surface area contributed by atoms with Crippen molar-refractivity contribution in [1.82, 2.24) is 10.3 Å². The first kappa shape index (κ1) is 12.3. The molecule has 0 spiro atoms. The number of nitrogens with zero attached hydrogens (tertiary/aromatic N) is 1. The Morgan fingerprint density at radius 3 is 2.82 bits per heavy atom. The summed E-state index contributed by atoms with van der Waals surface area (Å²) in [7, 11) is 1.79. The van der Waals surface area contributed by atoms with Crippen LogP contribution in [0.4, 0.5) is 5.69 Å². The number of nitrogens with two attached hydrogens (primary N) is 1. The Hall–Kier alpha value is -1.13. The lowest BCUT2D eigenvalue weighted by atomic mass is 9.72. The first-order chi connectivity index (χ1) is 8.23. The molecular formula is C13H21N3O. The van der Waals surface area contributed by atoms with E-state index >= 15 is 0 Å². The second-order valence-corrected chi connectivity index (χ2v) is 4.62. The van der Waals surface area contributed by atoms with Gasteiger partial charge >= 0.3 is 0 Å². The van der Waals surface area contributed by atoms with Crippen molar-refractivity contribution in [1.29, 1.82) is 0 Å². The molecule has 17 heavy (non-hydrogen) atoms. The SMILES string of the molecule is CCNC(c1cnccc1N)C1(OC)CCC1. The van der Waals surface area contributed by atoms with Gasteiger partial charge in [-0.25, -0.2) is 0 Å². The number of aromatic nitrogens is 1. The minimum absolute atomic E-state index is 0.104. The largest absolute Gasteiger partial charge is 0.398 e. The molecule has 1 aliphatic carbocycles. The summed E-state index contributed by atoms with van der Waals surface area (Å²) in [5, 5.41) is 3.49. The maximum atomic E-state index is 6.05. The number of rotatable bonds is 5. The molecule has 0 aromatic carbocycles. The molecule has 4 nitrogen and oxygen atoms in total. The van der Waals surface area contributed by atoms with Gasteiger partial charge in [0, 0.05) is 30.8 Å². The second-order valence-electron chi connectivity index (χ2n) is 4.62. The van der Waals surface area contributed by atoms with Crippen LogP contribution in [0.5, 0.6) is 0 Å². The molecule has 2 rings (SSSR count). The summed E-state index contributed by atoms with van der Waals surface area (Å²) < 4.78 is 5.75. The van der Waals surface area contributed by atoms with Gasteiger partial charge < -0.3 is 15.8 Å². The number of hydrogen-bond acceptors (Lipinski definition) is 4. The maximum absolute atomic E-state index is 6.05. The van der Waals surface area contributed by atoms with Crippen LogP contribution in [0.2, 0.25) is 0 Å². The Kier molecular flexibility index (Phi) is 3.64. The van der Waals surface area contributed by atoms with E-state index in [-0.39, 0.29) is 11.6 Å². The normalized spacial score (nSPS) is 19.6. The summed E-state index contributed by atoms with van der Waals surface area (Å²) >= 11 is 0. The highest BCUT2D eigenvalue weighted by molar-refractivity contribution is 5.47. The molecule has 0 radical (unpaired) electrons. The van der Waals surface area contributed by atoms with Crippen molar-refractivity contribution in [3.8, 4) is 0 Å². The Labute approximate surface area is 103 Å². The highest BCUT2D eigenvalue weighted by Gasteiger charge is 2.45. The third-order valence-electron chi connectivity index (χ3n) is 3.74. The lowest BCUT2D eigenvalue weighted by Crippen LogP contribution is -2.50. The number of hydrogen-bond donors (Lipinski definition) is 2. The first-order valence-corrected chi connectivity index (χ1v) is 6.21. The van der Waals surface area contributed by atoms with Crippen molar-refractivity contribution in [3.63, 3.8) is 0 Å². The van der Waals surface area contributed by atoms with Crippen molar-refractivity contribution < 1.29 is 4.74 Å². The summed E-state index contributed by atoms with van der Waals surface area (Å²) in [5.41, 5.74) is 7.78. The van der Waals surface area contributed by atoms with Gasteiger partial charge in [0.25, 0.3) is 0 Å².